The Bertz CT molecular complexity index is 745. The van der Waals surface area contributed by atoms with E-state index in [9.17, 15) is 14.9 Å². The van der Waals surface area contributed by atoms with E-state index in [0.717, 1.165) is 25.7 Å². The number of amides is 1. The van der Waals surface area contributed by atoms with Gasteiger partial charge in [0, 0.05) is 24.5 Å². The van der Waals surface area contributed by atoms with E-state index in [0.29, 0.717) is 16.6 Å². The molecule has 1 aromatic carbocycles. The number of para-hydroxylation sites is 1. The molecule has 2 aromatic rings. The van der Waals surface area contributed by atoms with Gasteiger partial charge in [-0.1, -0.05) is 44.2 Å². The van der Waals surface area contributed by atoms with Crippen molar-refractivity contribution in [3.63, 3.8) is 0 Å². The lowest BCUT2D eigenvalue weighted by molar-refractivity contribution is -0.383. The summed E-state index contributed by atoms with van der Waals surface area (Å²) in [6.07, 6.45) is 8.12. The van der Waals surface area contributed by atoms with Gasteiger partial charge in [-0.05, 0) is 18.9 Å². The second-order valence-electron chi connectivity index (χ2n) is 6.60. The Morgan fingerprint density at radius 2 is 1.88 bits per heavy atom. The number of carbonyl (C=O) groups is 1. The number of hydrogen-bond donors (Lipinski definition) is 1. The molecule has 1 aromatic heterocycles. The predicted molar refractivity (Wildman–Crippen MR) is 93.2 cm³/mol. The van der Waals surface area contributed by atoms with Crippen molar-refractivity contribution in [1.82, 2.24) is 9.88 Å². The Morgan fingerprint density at radius 1 is 1.21 bits per heavy atom. The first-order valence-electron chi connectivity index (χ1n) is 8.61. The predicted octanol–water partition coefficient (Wildman–Crippen LogP) is 4.26. The molecule has 0 spiro atoms. The van der Waals surface area contributed by atoms with E-state index < -0.39 is 4.92 Å². The fraction of sp³-hybridized carbons (Fsp3) is 0.500. The average molecular weight is 329 g/mol. The van der Waals surface area contributed by atoms with Crippen molar-refractivity contribution in [2.75, 3.05) is 7.05 Å². The molecule has 1 saturated carbocycles. The molecule has 1 aliphatic rings. The van der Waals surface area contributed by atoms with Gasteiger partial charge in [-0.2, -0.15) is 0 Å². The second-order valence-corrected chi connectivity index (χ2v) is 6.60. The van der Waals surface area contributed by atoms with Crippen LogP contribution in [0.3, 0.4) is 0 Å². The zero-order valence-electron chi connectivity index (χ0n) is 14.0. The quantitative estimate of drug-likeness (QED) is 0.675. The van der Waals surface area contributed by atoms with E-state index in [1.165, 1.54) is 25.3 Å². The Morgan fingerprint density at radius 3 is 2.54 bits per heavy atom. The molecule has 0 aliphatic heterocycles. The number of benzene rings is 1. The van der Waals surface area contributed by atoms with Crippen molar-refractivity contribution in [1.29, 1.82) is 0 Å². The summed E-state index contributed by atoms with van der Waals surface area (Å²) in [4.78, 5) is 28.3. The minimum atomic E-state index is -0.425. The Hall–Kier alpha value is -2.37. The van der Waals surface area contributed by atoms with E-state index >= 15 is 0 Å². The van der Waals surface area contributed by atoms with Gasteiger partial charge in [0.25, 0.3) is 11.6 Å². The zero-order chi connectivity index (χ0) is 17.1. The SMILES string of the molecule is CN(C(=O)c1cc2cccc([N+](=O)[O-])c2[nH]1)C1CCCCCCC1. The minimum absolute atomic E-state index is 0.000145. The summed E-state index contributed by atoms with van der Waals surface area (Å²) < 4.78 is 0. The van der Waals surface area contributed by atoms with Gasteiger partial charge in [-0.3, -0.25) is 14.9 Å². The number of aromatic nitrogens is 1. The monoisotopic (exact) mass is 329 g/mol. The standard InChI is InChI=1S/C18H23N3O3/c1-20(14-9-5-3-2-4-6-10-14)18(22)15-12-13-8-7-11-16(21(23)24)17(13)19-15/h7-8,11-12,14,19H,2-6,9-10H2,1H3. The lowest BCUT2D eigenvalue weighted by Gasteiger charge is -2.29. The van der Waals surface area contributed by atoms with Crippen molar-refractivity contribution in [2.24, 2.45) is 0 Å². The molecule has 1 aliphatic carbocycles. The molecule has 128 valence electrons. The van der Waals surface area contributed by atoms with Gasteiger partial charge in [-0.15, -0.1) is 0 Å². The first kappa shape index (κ1) is 16.5. The number of fused-ring (bicyclic) bond motifs is 1. The highest BCUT2D eigenvalue weighted by molar-refractivity contribution is 6.00. The number of aromatic amines is 1. The molecule has 3 rings (SSSR count). The van der Waals surface area contributed by atoms with Gasteiger partial charge in [0.2, 0.25) is 0 Å². The van der Waals surface area contributed by atoms with Crippen LogP contribution in [0.5, 0.6) is 0 Å². The molecule has 0 saturated heterocycles. The highest BCUT2D eigenvalue weighted by Gasteiger charge is 2.24. The first-order valence-corrected chi connectivity index (χ1v) is 8.61. The van der Waals surface area contributed by atoms with Crippen molar-refractivity contribution in [3.8, 4) is 0 Å². The normalized spacial score (nSPS) is 16.5. The molecular weight excluding hydrogens is 306 g/mol. The Labute approximate surface area is 141 Å². The molecule has 0 unspecified atom stereocenters. The number of H-pyrrole nitrogens is 1. The summed E-state index contributed by atoms with van der Waals surface area (Å²) in [5.41, 5.74) is 0.834. The third-order valence-electron chi connectivity index (χ3n) is 5.00. The molecule has 1 heterocycles. The average Bonchev–Trinajstić information content (AvgIpc) is 2.97. The maximum absolute atomic E-state index is 12.8. The lowest BCUT2D eigenvalue weighted by Crippen LogP contribution is -2.37. The highest BCUT2D eigenvalue weighted by atomic mass is 16.6. The molecule has 1 fully saturated rings. The molecule has 1 amide bonds. The van der Waals surface area contributed by atoms with Crippen molar-refractivity contribution < 1.29 is 9.72 Å². The molecule has 6 nitrogen and oxygen atoms in total. The Balaban J connectivity index is 1.84. The van der Waals surface area contributed by atoms with Crippen LogP contribution in [-0.2, 0) is 0 Å². The summed E-state index contributed by atoms with van der Waals surface area (Å²) in [6, 6.07) is 6.83. The van der Waals surface area contributed by atoms with Crippen LogP contribution in [0.25, 0.3) is 10.9 Å². The number of nitro groups is 1. The van der Waals surface area contributed by atoms with Gasteiger partial charge in [0.15, 0.2) is 0 Å². The van der Waals surface area contributed by atoms with Crippen molar-refractivity contribution in [2.45, 2.75) is 51.0 Å². The molecule has 6 heteroatoms. The van der Waals surface area contributed by atoms with Crippen LogP contribution in [0.15, 0.2) is 24.3 Å². The van der Waals surface area contributed by atoms with Gasteiger partial charge >= 0.3 is 0 Å². The number of nitrogens with one attached hydrogen (secondary N) is 1. The van der Waals surface area contributed by atoms with Crippen molar-refractivity contribution >= 4 is 22.5 Å². The molecule has 1 N–H and O–H groups in total. The van der Waals surface area contributed by atoms with Crippen LogP contribution in [0.4, 0.5) is 5.69 Å². The summed E-state index contributed by atoms with van der Waals surface area (Å²) in [7, 11) is 1.84. The smallest absolute Gasteiger partial charge is 0.293 e. The van der Waals surface area contributed by atoms with E-state index in [1.54, 1.807) is 18.2 Å². The van der Waals surface area contributed by atoms with Gasteiger partial charge < -0.3 is 9.88 Å². The van der Waals surface area contributed by atoms with Crippen LogP contribution >= 0.6 is 0 Å². The number of carbonyl (C=O) groups excluding carboxylic acids is 1. The largest absolute Gasteiger partial charge is 0.345 e. The van der Waals surface area contributed by atoms with Crippen LogP contribution in [0, 0.1) is 10.1 Å². The fourth-order valence-electron chi connectivity index (χ4n) is 3.59. The van der Waals surface area contributed by atoms with E-state index in [-0.39, 0.29) is 17.6 Å². The van der Waals surface area contributed by atoms with Crippen LogP contribution in [0.1, 0.15) is 55.4 Å². The second kappa shape index (κ2) is 7.03. The number of hydrogen-bond acceptors (Lipinski definition) is 3. The van der Waals surface area contributed by atoms with E-state index in [2.05, 4.69) is 4.98 Å². The third-order valence-corrected chi connectivity index (χ3v) is 5.00. The molecule has 0 radical (unpaired) electrons. The summed E-state index contributed by atoms with van der Waals surface area (Å²) >= 11 is 0. The van der Waals surface area contributed by atoms with Crippen LogP contribution < -0.4 is 0 Å². The van der Waals surface area contributed by atoms with Gasteiger partial charge in [0.05, 0.1) is 4.92 Å². The van der Waals surface area contributed by atoms with Crippen LogP contribution in [-0.4, -0.2) is 33.8 Å². The van der Waals surface area contributed by atoms with Gasteiger partial charge in [0.1, 0.15) is 11.2 Å². The van der Waals surface area contributed by atoms with E-state index in [1.807, 2.05) is 11.9 Å². The molecule has 0 bridgehead atoms. The summed E-state index contributed by atoms with van der Waals surface area (Å²) in [5, 5.41) is 11.8. The first-order chi connectivity index (χ1) is 11.6. The molecule has 0 atom stereocenters. The topological polar surface area (TPSA) is 79.2 Å². The number of non-ortho nitro benzene ring substituents is 1. The maximum Gasteiger partial charge on any atom is 0.293 e. The third kappa shape index (κ3) is 3.27. The van der Waals surface area contributed by atoms with Gasteiger partial charge in [-0.25, -0.2) is 0 Å². The fourth-order valence-corrected chi connectivity index (χ4v) is 3.59. The molecular formula is C18H23N3O3. The molecule has 24 heavy (non-hydrogen) atoms. The van der Waals surface area contributed by atoms with Crippen molar-refractivity contribution in [3.05, 3.63) is 40.1 Å². The lowest BCUT2D eigenvalue weighted by atomic mass is 9.95. The van der Waals surface area contributed by atoms with E-state index in [4.69, 9.17) is 0 Å². The maximum atomic E-state index is 12.8. The zero-order valence-corrected chi connectivity index (χ0v) is 14.0. The number of nitrogens with zero attached hydrogens (tertiary/aromatic N) is 2. The Kier molecular flexibility index (Phi) is 4.83. The highest BCUT2D eigenvalue weighted by Crippen LogP contribution is 2.27. The number of nitro benzene ring substituents is 1. The van der Waals surface area contributed by atoms with Crippen LogP contribution in [0.2, 0.25) is 0 Å². The minimum Gasteiger partial charge on any atom is -0.345 e. The summed E-state index contributed by atoms with van der Waals surface area (Å²) in [6.45, 7) is 0. The number of rotatable bonds is 3. The summed E-state index contributed by atoms with van der Waals surface area (Å²) in [5.74, 6) is -0.0916.